The van der Waals surface area contributed by atoms with E-state index in [1.54, 1.807) is 21.6 Å². The Labute approximate surface area is 142 Å². The van der Waals surface area contributed by atoms with E-state index in [1.807, 2.05) is 6.92 Å². The molecular weight excluding hydrogens is 316 g/mol. The van der Waals surface area contributed by atoms with Crippen LogP contribution < -0.4 is 10.6 Å². The number of amides is 2. The summed E-state index contributed by atoms with van der Waals surface area (Å²) in [6, 6.07) is -0.762. The summed E-state index contributed by atoms with van der Waals surface area (Å²) in [6.45, 7) is 13.3. The zero-order chi connectivity index (χ0) is 17.0. The molecule has 2 unspecified atom stereocenters. The van der Waals surface area contributed by atoms with Crippen LogP contribution in [0.25, 0.3) is 0 Å². The van der Waals surface area contributed by atoms with Gasteiger partial charge in [0.15, 0.2) is 0 Å². The van der Waals surface area contributed by atoms with Crippen molar-refractivity contribution in [1.29, 1.82) is 0 Å². The van der Waals surface area contributed by atoms with Gasteiger partial charge in [-0.05, 0) is 17.3 Å². The Balaban J connectivity index is 2.37. The van der Waals surface area contributed by atoms with Gasteiger partial charge in [-0.15, -0.1) is 0 Å². The van der Waals surface area contributed by atoms with Gasteiger partial charge in [-0.1, -0.05) is 69.6 Å². The molecule has 0 aromatic carbocycles. The second-order valence-corrected chi connectivity index (χ2v) is 10.1. The molecule has 1 saturated heterocycles. The first-order valence-electron chi connectivity index (χ1n) is 7.93. The van der Waals surface area contributed by atoms with E-state index in [-0.39, 0.29) is 28.7 Å². The van der Waals surface area contributed by atoms with Gasteiger partial charge in [-0.3, -0.25) is 9.59 Å². The number of hydrogen-bond donors (Lipinski definition) is 2. The van der Waals surface area contributed by atoms with Crippen molar-refractivity contribution in [2.45, 2.75) is 66.5 Å². The van der Waals surface area contributed by atoms with Crippen LogP contribution in [-0.2, 0) is 9.59 Å². The zero-order valence-electron chi connectivity index (χ0n) is 14.6. The third kappa shape index (κ3) is 5.37. The molecule has 2 amide bonds. The maximum Gasteiger partial charge on any atom is 0.244 e. The summed E-state index contributed by atoms with van der Waals surface area (Å²) in [4.78, 5) is 23.9. The van der Waals surface area contributed by atoms with Crippen molar-refractivity contribution in [3.8, 4) is 0 Å². The summed E-state index contributed by atoms with van der Waals surface area (Å²) in [6.07, 6.45) is 1.58. The van der Waals surface area contributed by atoms with Crippen molar-refractivity contribution in [2.75, 3.05) is 11.5 Å². The molecule has 1 aliphatic rings. The van der Waals surface area contributed by atoms with E-state index in [9.17, 15) is 9.59 Å². The minimum atomic E-state index is -0.407. The highest BCUT2D eigenvalue weighted by Crippen LogP contribution is 2.42. The van der Waals surface area contributed by atoms with Gasteiger partial charge in [0, 0.05) is 11.5 Å². The van der Waals surface area contributed by atoms with Crippen LogP contribution in [0.1, 0.15) is 54.4 Å². The smallest absolute Gasteiger partial charge is 0.244 e. The summed E-state index contributed by atoms with van der Waals surface area (Å²) in [7, 11) is 3.44. The third-order valence-electron chi connectivity index (χ3n) is 4.61. The van der Waals surface area contributed by atoms with Gasteiger partial charge in [0.2, 0.25) is 11.8 Å². The maximum absolute atomic E-state index is 12.0. The maximum atomic E-state index is 12.0. The molecule has 128 valence electrons. The summed E-state index contributed by atoms with van der Waals surface area (Å²) < 4.78 is 0. The minimum Gasteiger partial charge on any atom is -0.342 e. The van der Waals surface area contributed by atoms with Crippen LogP contribution in [0, 0.1) is 10.8 Å². The molecule has 0 saturated carbocycles. The van der Waals surface area contributed by atoms with Crippen molar-refractivity contribution in [2.24, 2.45) is 10.8 Å². The average molecular weight is 347 g/mol. The van der Waals surface area contributed by atoms with Gasteiger partial charge in [0.1, 0.15) is 12.1 Å². The molecule has 0 aromatic heterocycles. The quantitative estimate of drug-likeness (QED) is 0.549. The van der Waals surface area contributed by atoms with Crippen LogP contribution in [-0.4, -0.2) is 35.4 Å². The first-order valence-corrected chi connectivity index (χ1v) is 10.4. The topological polar surface area (TPSA) is 58.2 Å². The Kier molecular flexibility index (Phi) is 7.12. The third-order valence-corrected chi connectivity index (χ3v) is 7.35. The van der Waals surface area contributed by atoms with Crippen molar-refractivity contribution in [1.82, 2.24) is 10.6 Å². The highest BCUT2D eigenvalue weighted by atomic mass is 33.1. The van der Waals surface area contributed by atoms with Crippen molar-refractivity contribution < 1.29 is 9.59 Å². The molecule has 0 aromatic rings. The van der Waals surface area contributed by atoms with E-state index in [0.29, 0.717) is 12.2 Å². The zero-order valence-corrected chi connectivity index (χ0v) is 16.2. The summed E-state index contributed by atoms with van der Waals surface area (Å²) in [5, 5.41) is 5.67. The number of carbonyl (C=O) groups is 2. The molecule has 1 heterocycles. The minimum absolute atomic E-state index is 0.0490. The van der Waals surface area contributed by atoms with E-state index >= 15 is 0 Å². The standard InChI is InChI=1S/C16H30N2O2S2/c1-7-8-11-13(19)18-12(14(20)17-11)9-21-22-10-16(5,6)15(2,3)4/h11-12H,7-10H2,1-6H3,(H,17,20)(H,18,19). The summed E-state index contributed by atoms with van der Waals surface area (Å²) in [5.74, 6) is 1.52. The number of carbonyl (C=O) groups excluding carboxylic acids is 2. The first-order chi connectivity index (χ1) is 10.1. The van der Waals surface area contributed by atoms with E-state index in [1.165, 1.54) is 0 Å². The van der Waals surface area contributed by atoms with Crippen LogP contribution in [0.15, 0.2) is 0 Å². The molecule has 0 radical (unpaired) electrons. The van der Waals surface area contributed by atoms with Crippen LogP contribution >= 0.6 is 21.6 Å². The van der Waals surface area contributed by atoms with Gasteiger partial charge in [-0.25, -0.2) is 0 Å². The van der Waals surface area contributed by atoms with E-state index in [4.69, 9.17) is 0 Å². The first kappa shape index (κ1) is 19.7. The monoisotopic (exact) mass is 346 g/mol. The molecule has 1 aliphatic heterocycles. The summed E-state index contributed by atoms with van der Waals surface area (Å²) >= 11 is 0. The van der Waals surface area contributed by atoms with Gasteiger partial charge in [0.05, 0.1) is 0 Å². The average Bonchev–Trinajstić information content (AvgIpc) is 2.38. The molecule has 2 atom stereocenters. The highest BCUT2D eigenvalue weighted by molar-refractivity contribution is 8.76. The molecule has 0 spiro atoms. The lowest BCUT2D eigenvalue weighted by atomic mass is 9.71. The van der Waals surface area contributed by atoms with Gasteiger partial charge >= 0.3 is 0 Å². The van der Waals surface area contributed by atoms with E-state index < -0.39 is 6.04 Å². The molecular formula is C16H30N2O2S2. The van der Waals surface area contributed by atoms with Crippen LogP contribution in [0.3, 0.4) is 0 Å². The van der Waals surface area contributed by atoms with Gasteiger partial charge in [0.25, 0.3) is 0 Å². The Morgan fingerprint density at radius 3 is 2.05 bits per heavy atom. The molecule has 1 fully saturated rings. The molecule has 0 bridgehead atoms. The number of nitrogens with one attached hydrogen (secondary N) is 2. The number of rotatable bonds is 7. The second kappa shape index (κ2) is 7.95. The highest BCUT2D eigenvalue weighted by Gasteiger charge is 2.34. The van der Waals surface area contributed by atoms with E-state index in [0.717, 1.165) is 12.2 Å². The Morgan fingerprint density at radius 2 is 1.50 bits per heavy atom. The van der Waals surface area contributed by atoms with Crippen LogP contribution in [0.4, 0.5) is 0 Å². The lowest BCUT2D eigenvalue weighted by Gasteiger charge is -2.38. The number of hydrogen-bond acceptors (Lipinski definition) is 4. The largest absolute Gasteiger partial charge is 0.342 e. The fourth-order valence-electron chi connectivity index (χ4n) is 1.81. The number of piperazine rings is 1. The van der Waals surface area contributed by atoms with Gasteiger partial charge in [-0.2, -0.15) is 0 Å². The lowest BCUT2D eigenvalue weighted by molar-refractivity contribution is -0.136. The predicted octanol–water partition coefficient (Wildman–Crippen LogP) is 3.22. The fraction of sp³-hybridized carbons (Fsp3) is 0.875. The van der Waals surface area contributed by atoms with Gasteiger partial charge < -0.3 is 10.6 Å². The van der Waals surface area contributed by atoms with Crippen molar-refractivity contribution in [3.05, 3.63) is 0 Å². The lowest BCUT2D eigenvalue weighted by Crippen LogP contribution is -2.62. The molecule has 4 nitrogen and oxygen atoms in total. The van der Waals surface area contributed by atoms with Crippen LogP contribution in [0.5, 0.6) is 0 Å². The predicted molar refractivity (Wildman–Crippen MR) is 96.9 cm³/mol. The second-order valence-electron chi connectivity index (χ2n) is 7.59. The molecule has 1 rings (SSSR count). The normalized spacial score (nSPS) is 23.2. The van der Waals surface area contributed by atoms with Crippen molar-refractivity contribution >= 4 is 33.4 Å². The molecule has 0 aliphatic carbocycles. The molecule has 2 N–H and O–H groups in total. The Hall–Kier alpha value is -0.360. The Bertz CT molecular complexity index is 405. The Morgan fingerprint density at radius 1 is 0.955 bits per heavy atom. The van der Waals surface area contributed by atoms with E-state index in [2.05, 4.69) is 45.3 Å². The van der Waals surface area contributed by atoms with Crippen molar-refractivity contribution in [3.63, 3.8) is 0 Å². The molecule has 6 heteroatoms. The molecule has 22 heavy (non-hydrogen) atoms. The fourth-order valence-corrected chi connectivity index (χ4v) is 4.92. The SMILES string of the molecule is CCCC1NC(=O)C(CSSCC(C)(C)C(C)(C)C)NC1=O. The summed E-state index contributed by atoms with van der Waals surface area (Å²) in [5.41, 5.74) is 0.458. The van der Waals surface area contributed by atoms with Crippen LogP contribution in [0.2, 0.25) is 0 Å².